The number of para-hydroxylation sites is 2. The number of amides is 5. The van der Waals surface area contributed by atoms with Gasteiger partial charge < -0.3 is 24.6 Å². The molecule has 31 heavy (non-hydrogen) atoms. The number of morpholine rings is 1. The average molecular weight is 430 g/mol. The molecule has 3 heterocycles. The molecule has 0 spiro atoms. The van der Waals surface area contributed by atoms with E-state index in [0.29, 0.717) is 37.7 Å². The minimum absolute atomic E-state index is 0.0332. The number of imide groups is 1. The van der Waals surface area contributed by atoms with Crippen molar-refractivity contribution in [3.63, 3.8) is 0 Å². The van der Waals surface area contributed by atoms with Gasteiger partial charge >= 0.3 is 6.03 Å². The van der Waals surface area contributed by atoms with Gasteiger partial charge in [0.05, 0.1) is 25.4 Å². The molecule has 5 amide bonds. The van der Waals surface area contributed by atoms with Gasteiger partial charge in [-0.2, -0.15) is 0 Å². The summed E-state index contributed by atoms with van der Waals surface area (Å²) in [5.74, 6) is -0.398. The minimum Gasteiger partial charge on any atom is -0.476 e. The standard InChI is InChI=1S/C21H26N4O6/c1-21(2)19(28)24(20(29)22-21)8-7-17(26)25-13-16(18(27)23-9-11-30-12-10-23)31-15-6-4-3-5-14(15)25/h3-6,16H,7-13H2,1-2H3,(H,22,29)/t16-/m0/s1. The molecular weight excluding hydrogens is 404 g/mol. The van der Waals surface area contributed by atoms with Crippen molar-refractivity contribution in [2.75, 3.05) is 44.3 Å². The third-order valence-electron chi connectivity index (χ3n) is 5.67. The fourth-order valence-electron chi connectivity index (χ4n) is 3.95. The molecule has 1 aromatic carbocycles. The molecule has 2 saturated heterocycles. The Morgan fingerprint density at radius 1 is 1.16 bits per heavy atom. The highest BCUT2D eigenvalue weighted by Crippen LogP contribution is 2.34. The molecule has 10 nitrogen and oxygen atoms in total. The van der Waals surface area contributed by atoms with Crippen molar-refractivity contribution in [1.82, 2.24) is 15.1 Å². The number of anilines is 1. The van der Waals surface area contributed by atoms with Crippen LogP contribution in [0.1, 0.15) is 20.3 Å². The van der Waals surface area contributed by atoms with Crippen molar-refractivity contribution in [2.45, 2.75) is 31.9 Å². The van der Waals surface area contributed by atoms with E-state index in [1.165, 1.54) is 4.90 Å². The first kappa shape index (κ1) is 21.1. The third-order valence-corrected chi connectivity index (χ3v) is 5.67. The van der Waals surface area contributed by atoms with Crippen LogP contribution in [0, 0.1) is 0 Å². The second-order valence-corrected chi connectivity index (χ2v) is 8.28. The zero-order chi connectivity index (χ0) is 22.2. The summed E-state index contributed by atoms with van der Waals surface area (Å²) in [5, 5.41) is 2.60. The maximum absolute atomic E-state index is 13.1. The van der Waals surface area contributed by atoms with Crippen LogP contribution in [0.15, 0.2) is 24.3 Å². The van der Waals surface area contributed by atoms with Crippen molar-refractivity contribution in [3.05, 3.63) is 24.3 Å². The SMILES string of the molecule is CC1(C)NC(=O)N(CCC(=O)N2C[C@@H](C(=O)N3CCOCC3)Oc3ccccc32)C1=O. The topological polar surface area (TPSA) is 108 Å². The number of urea groups is 1. The number of carbonyl (C=O) groups excluding carboxylic acids is 4. The fraction of sp³-hybridized carbons (Fsp3) is 0.524. The van der Waals surface area contributed by atoms with Crippen molar-refractivity contribution < 1.29 is 28.7 Å². The Morgan fingerprint density at radius 3 is 2.55 bits per heavy atom. The van der Waals surface area contributed by atoms with Gasteiger partial charge in [0.2, 0.25) is 5.91 Å². The van der Waals surface area contributed by atoms with Gasteiger partial charge in [-0.25, -0.2) is 4.79 Å². The lowest BCUT2D eigenvalue weighted by Crippen LogP contribution is -2.54. The van der Waals surface area contributed by atoms with E-state index in [1.54, 1.807) is 43.0 Å². The van der Waals surface area contributed by atoms with Crippen molar-refractivity contribution >= 4 is 29.4 Å². The van der Waals surface area contributed by atoms with Crippen molar-refractivity contribution in [1.29, 1.82) is 0 Å². The summed E-state index contributed by atoms with van der Waals surface area (Å²) in [6.45, 7) is 5.18. The maximum atomic E-state index is 13.1. The highest BCUT2D eigenvalue weighted by Gasteiger charge is 2.44. The number of carbonyl (C=O) groups is 4. The lowest BCUT2D eigenvalue weighted by molar-refractivity contribution is -0.142. The lowest BCUT2D eigenvalue weighted by Gasteiger charge is -2.37. The number of ether oxygens (including phenoxy) is 2. The van der Waals surface area contributed by atoms with Gasteiger partial charge in [-0.15, -0.1) is 0 Å². The minimum atomic E-state index is -0.985. The third kappa shape index (κ3) is 4.07. The molecule has 1 aromatic rings. The number of benzene rings is 1. The molecule has 0 radical (unpaired) electrons. The second kappa shape index (κ2) is 8.18. The molecule has 4 rings (SSSR count). The van der Waals surface area contributed by atoms with Crippen LogP contribution < -0.4 is 15.0 Å². The van der Waals surface area contributed by atoms with E-state index in [-0.39, 0.29) is 37.2 Å². The Balaban J connectivity index is 1.48. The first-order valence-corrected chi connectivity index (χ1v) is 10.3. The van der Waals surface area contributed by atoms with Crippen LogP contribution in [0.3, 0.4) is 0 Å². The van der Waals surface area contributed by atoms with Crippen LogP contribution in [0.25, 0.3) is 0 Å². The highest BCUT2D eigenvalue weighted by atomic mass is 16.5. The van der Waals surface area contributed by atoms with E-state index in [0.717, 1.165) is 4.90 Å². The predicted molar refractivity (Wildman–Crippen MR) is 110 cm³/mol. The number of rotatable bonds is 4. The molecule has 2 fully saturated rings. The summed E-state index contributed by atoms with van der Waals surface area (Å²) in [5.41, 5.74) is -0.419. The molecule has 0 aliphatic carbocycles. The van der Waals surface area contributed by atoms with Crippen molar-refractivity contribution in [2.24, 2.45) is 0 Å². The second-order valence-electron chi connectivity index (χ2n) is 8.28. The largest absolute Gasteiger partial charge is 0.476 e. The summed E-state index contributed by atoms with van der Waals surface area (Å²) in [6, 6.07) is 6.52. The van der Waals surface area contributed by atoms with E-state index in [1.807, 2.05) is 0 Å². The molecule has 166 valence electrons. The summed E-state index contributed by atoms with van der Waals surface area (Å²) in [7, 11) is 0. The maximum Gasteiger partial charge on any atom is 0.325 e. The van der Waals surface area contributed by atoms with E-state index in [2.05, 4.69) is 5.32 Å². The predicted octanol–water partition coefficient (Wildman–Crippen LogP) is 0.360. The molecule has 3 aliphatic rings. The quantitative estimate of drug-likeness (QED) is 0.691. The fourth-order valence-corrected chi connectivity index (χ4v) is 3.95. The van der Waals surface area contributed by atoms with Crippen LogP contribution in [0.2, 0.25) is 0 Å². The van der Waals surface area contributed by atoms with E-state index in [4.69, 9.17) is 9.47 Å². The van der Waals surface area contributed by atoms with E-state index >= 15 is 0 Å². The normalized spacial score (nSPS) is 22.6. The molecule has 0 aromatic heterocycles. The Labute approximate surface area is 180 Å². The van der Waals surface area contributed by atoms with E-state index in [9.17, 15) is 19.2 Å². The molecule has 1 N–H and O–H groups in total. The molecule has 0 bridgehead atoms. The summed E-state index contributed by atoms with van der Waals surface area (Å²) >= 11 is 0. The number of hydrogen-bond donors (Lipinski definition) is 1. The van der Waals surface area contributed by atoms with Gasteiger partial charge in [0.15, 0.2) is 6.10 Å². The van der Waals surface area contributed by atoms with Gasteiger partial charge in [-0.1, -0.05) is 12.1 Å². The molecule has 10 heteroatoms. The lowest BCUT2D eigenvalue weighted by atomic mass is 10.1. The van der Waals surface area contributed by atoms with Gasteiger partial charge in [0.25, 0.3) is 11.8 Å². The van der Waals surface area contributed by atoms with Crippen LogP contribution in [0.5, 0.6) is 5.75 Å². The smallest absolute Gasteiger partial charge is 0.325 e. The summed E-state index contributed by atoms with van der Waals surface area (Å²) in [4.78, 5) is 54.8. The molecule has 3 aliphatic heterocycles. The van der Waals surface area contributed by atoms with Crippen molar-refractivity contribution in [3.8, 4) is 5.75 Å². The zero-order valence-electron chi connectivity index (χ0n) is 17.6. The Kier molecular flexibility index (Phi) is 5.57. The number of nitrogens with one attached hydrogen (secondary N) is 1. The van der Waals surface area contributed by atoms with Crippen LogP contribution >= 0.6 is 0 Å². The molecular formula is C21H26N4O6. The van der Waals surface area contributed by atoms with Gasteiger partial charge in [0.1, 0.15) is 11.3 Å². The first-order valence-electron chi connectivity index (χ1n) is 10.3. The number of nitrogens with zero attached hydrogens (tertiary/aromatic N) is 3. The Hall–Kier alpha value is -3.14. The molecule has 0 saturated carbocycles. The average Bonchev–Trinajstić information content (AvgIpc) is 2.97. The Bertz CT molecular complexity index is 911. The molecule has 1 atom stereocenters. The van der Waals surface area contributed by atoms with Gasteiger partial charge in [-0.3, -0.25) is 19.3 Å². The van der Waals surface area contributed by atoms with Gasteiger partial charge in [-0.05, 0) is 26.0 Å². The van der Waals surface area contributed by atoms with Gasteiger partial charge in [0, 0.05) is 26.1 Å². The number of fused-ring (bicyclic) bond motifs is 1. The molecule has 0 unspecified atom stereocenters. The Morgan fingerprint density at radius 2 is 1.87 bits per heavy atom. The summed E-state index contributed by atoms with van der Waals surface area (Å²) in [6.07, 6.45) is -0.880. The first-order chi connectivity index (χ1) is 14.8. The highest BCUT2D eigenvalue weighted by molar-refractivity contribution is 6.07. The zero-order valence-corrected chi connectivity index (χ0v) is 17.6. The van der Waals surface area contributed by atoms with E-state index < -0.39 is 17.7 Å². The van der Waals surface area contributed by atoms with Crippen LogP contribution in [-0.4, -0.2) is 84.6 Å². The number of hydrogen-bond acceptors (Lipinski definition) is 6. The van der Waals surface area contributed by atoms with Crippen LogP contribution in [-0.2, 0) is 19.1 Å². The monoisotopic (exact) mass is 430 g/mol. The summed E-state index contributed by atoms with van der Waals surface area (Å²) < 4.78 is 11.2. The van der Waals surface area contributed by atoms with Crippen LogP contribution in [0.4, 0.5) is 10.5 Å².